The van der Waals surface area contributed by atoms with Crippen molar-refractivity contribution in [1.29, 1.82) is 0 Å². The van der Waals surface area contributed by atoms with E-state index in [0.717, 1.165) is 21.0 Å². The standard InChI is InChI=1S/C11H8BrN5S/c1-7-2-3-14-11(15-7)18-10-9-13-4-5-17(9)6-8(12)16-10/h2-6H,1H3. The second-order valence-electron chi connectivity index (χ2n) is 3.61. The van der Waals surface area contributed by atoms with Gasteiger partial charge in [-0.15, -0.1) is 0 Å². The van der Waals surface area contributed by atoms with Gasteiger partial charge in [-0.25, -0.2) is 19.9 Å². The third kappa shape index (κ3) is 2.23. The van der Waals surface area contributed by atoms with Crippen molar-refractivity contribution in [3.8, 4) is 0 Å². The van der Waals surface area contributed by atoms with Crippen LogP contribution in [0.4, 0.5) is 0 Å². The van der Waals surface area contributed by atoms with Crippen LogP contribution in [-0.4, -0.2) is 24.3 Å². The summed E-state index contributed by atoms with van der Waals surface area (Å²) in [6, 6.07) is 1.86. The summed E-state index contributed by atoms with van der Waals surface area (Å²) < 4.78 is 2.66. The smallest absolute Gasteiger partial charge is 0.194 e. The predicted octanol–water partition coefficient (Wildman–Crippen LogP) is 2.74. The number of hydrogen-bond donors (Lipinski definition) is 0. The molecule has 0 amide bonds. The molecular formula is C11H8BrN5S. The van der Waals surface area contributed by atoms with Gasteiger partial charge in [0.05, 0.1) is 0 Å². The van der Waals surface area contributed by atoms with Gasteiger partial charge < -0.3 is 4.40 Å². The van der Waals surface area contributed by atoms with E-state index in [1.165, 1.54) is 11.8 Å². The quantitative estimate of drug-likeness (QED) is 0.679. The maximum atomic E-state index is 4.41. The lowest BCUT2D eigenvalue weighted by atomic mass is 10.5. The molecule has 3 rings (SSSR count). The normalized spacial score (nSPS) is 11.0. The molecule has 0 saturated heterocycles. The van der Waals surface area contributed by atoms with E-state index in [0.29, 0.717) is 5.16 Å². The van der Waals surface area contributed by atoms with Gasteiger partial charge in [0.2, 0.25) is 0 Å². The Morgan fingerprint density at radius 3 is 2.94 bits per heavy atom. The molecule has 0 aliphatic heterocycles. The molecule has 0 aromatic carbocycles. The number of fused-ring (bicyclic) bond motifs is 1. The van der Waals surface area contributed by atoms with E-state index < -0.39 is 0 Å². The number of rotatable bonds is 2. The maximum absolute atomic E-state index is 4.41. The summed E-state index contributed by atoms with van der Waals surface area (Å²) in [6.07, 6.45) is 7.22. The van der Waals surface area contributed by atoms with Crippen LogP contribution in [0.15, 0.2) is 45.6 Å². The molecule has 0 unspecified atom stereocenters. The second-order valence-corrected chi connectivity index (χ2v) is 5.38. The zero-order valence-corrected chi connectivity index (χ0v) is 11.8. The minimum Gasteiger partial charge on any atom is -0.302 e. The molecule has 0 fully saturated rings. The molecule has 0 spiro atoms. The van der Waals surface area contributed by atoms with Crippen LogP contribution in [0.2, 0.25) is 0 Å². The molecule has 7 heteroatoms. The summed E-state index contributed by atoms with van der Waals surface area (Å²) in [5.74, 6) is 0. The monoisotopic (exact) mass is 321 g/mol. The maximum Gasteiger partial charge on any atom is 0.194 e. The van der Waals surface area contributed by atoms with Crippen LogP contribution in [0.5, 0.6) is 0 Å². The van der Waals surface area contributed by atoms with Crippen molar-refractivity contribution in [3.05, 3.63) is 41.2 Å². The van der Waals surface area contributed by atoms with Crippen molar-refractivity contribution in [2.45, 2.75) is 17.1 Å². The summed E-state index contributed by atoms with van der Waals surface area (Å²) in [5.41, 5.74) is 1.73. The molecule has 0 saturated carbocycles. The van der Waals surface area contributed by atoms with E-state index in [1.807, 2.05) is 29.8 Å². The van der Waals surface area contributed by atoms with Gasteiger partial charge in [-0.05, 0) is 40.7 Å². The van der Waals surface area contributed by atoms with Crippen molar-refractivity contribution < 1.29 is 0 Å². The number of aromatic nitrogens is 5. The minimum atomic E-state index is 0.672. The lowest BCUT2D eigenvalue weighted by Crippen LogP contribution is -1.94. The Balaban J connectivity index is 2.06. The average Bonchev–Trinajstić information content (AvgIpc) is 2.77. The summed E-state index contributed by atoms with van der Waals surface area (Å²) in [6.45, 7) is 1.94. The van der Waals surface area contributed by atoms with Crippen LogP contribution in [-0.2, 0) is 0 Å². The molecule has 5 nitrogen and oxygen atoms in total. The Kier molecular flexibility index (Phi) is 3.00. The van der Waals surface area contributed by atoms with E-state index in [2.05, 4.69) is 35.9 Å². The van der Waals surface area contributed by atoms with Crippen LogP contribution in [0.1, 0.15) is 5.69 Å². The first-order valence-electron chi connectivity index (χ1n) is 5.19. The fourth-order valence-electron chi connectivity index (χ4n) is 1.50. The Morgan fingerprint density at radius 1 is 1.22 bits per heavy atom. The van der Waals surface area contributed by atoms with Crippen LogP contribution in [0.3, 0.4) is 0 Å². The molecule has 90 valence electrons. The minimum absolute atomic E-state index is 0.672. The molecule has 0 radical (unpaired) electrons. The molecule has 0 aliphatic carbocycles. The third-order valence-corrected chi connectivity index (χ3v) is 3.50. The van der Waals surface area contributed by atoms with E-state index in [9.17, 15) is 0 Å². The summed E-state index contributed by atoms with van der Waals surface area (Å²) in [5, 5.41) is 1.45. The molecule has 3 aromatic heterocycles. The number of nitrogens with zero attached hydrogens (tertiary/aromatic N) is 5. The first-order valence-corrected chi connectivity index (χ1v) is 6.80. The molecule has 3 aromatic rings. The number of imidazole rings is 1. The summed E-state index contributed by atoms with van der Waals surface area (Å²) >= 11 is 4.79. The largest absolute Gasteiger partial charge is 0.302 e. The van der Waals surface area contributed by atoms with E-state index in [1.54, 1.807) is 12.4 Å². The van der Waals surface area contributed by atoms with Crippen LogP contribution < -0.4 is 0 Å². The van der Waals surface area contributed by atoms with Crippen LogP contribution in [0, 0.1) is 6.92 Å². The van der Waals surface area contributed by atoms with Gasteiger partial charge in [-0.3, -0.25) is 0 Å². The van der Waals surface area contributed by atoms with Crippen LogP contribution in [0.25, 0.3) is 5.65 Å². The average molecular weight is 322 g/mol. The number of hydrogen-bond acceptors (Lipinski definition) is 5. The van der Waals surface area contributed by atoms with Crippen molar-refractivity contribution in [2.24, 2.45) is 0 Å². The van der Waals surface area contributed by atoms with Gasteiger partial charge in [0.1, 0.15) is 9.63 Å². The molecular weight excluding hydrogens is 314 g/mol. The zero-order valence-electron chi connectivity index (χ0n) is 9.41. The predicted molar refractivity (Wildman–Crippen MR) is 71.6 cm³/mol. The van der Waals surface area contributed by atoms with Gasteiger partial charge in [-0.2, -0.15) is 0 Å². The molecule has 0 atom stereocenters. The Bertz CT molecular complexity index is 711. The van der Waals surface area contributed by atoms with Crippen molar-refractivity contribution in [3.63, 3.8) is 0 Å². The highest BCUT2D eigenvalue weighted by molar-refractivity contribution is 9.10. The van der Waals surface area contributed by atoms with Crippen LogP contribution >= 0.6 is 27.7 Å². The first-order chi connectivity index (χ1) is 8.72. The lowest BCUT2D eigenvalue weighted by molar-refractivity contribution is 0.923. The molecule has 0 N–H and O–H groups in total. The number of aryl methyl sites for hydroxylation is 1. The van der Waals surface area contributed by atoms with E-state index in [-0.39, 0.29) is 0 Å². The Hall–Kier alpha value is -1.47. The van der Waals surface area contributed by atoms with Gasteiger partial charge in [0.25, 0.3) is 0 Å². The number of halogens is 1. The van der Waals surface area contributed by atoms with Crippen molar-refractivity contribution in [2.75, 3.05) is 0 Å². The molecule has 0 aliphatic rings. The fraction of sp³-hybridized carbons (Fsp3) is 0.0909. The van der Waals surface area contributed by atoms with E-state index >= 15 is 0 Å². The Morgan fingerprint density at radius 2 is 2.11 bits per heavy atom. The topological polar surface area (TPSA) is 56.0 Å². The Labute approximate surface area is 116 Å². The third-order valence-electron chi connectivity index (χ3n) is 2.27. The highest BCUT2D eigenvalue weighted by Crippen LogP contribution is 2.27. The van der Waals surface area contributed by atoms with Gasteiger partial charge in [0.15, 0.2) is 10.8 Å². The summed E-state index contributed by atoms with van der Waals surface area (Å²) in [7, 11) is 0. The van der Waals surface area contributed by atoms with Gasteiger partial charge in [0, 0.05) is 30.5 Å². The molecule has 0 bridgehead atoms. The highest BCUT2D eigenvalue weighted by atomic mass is 79.9. The lowest BCUT2D eigenvalue weighted by Gasteiger charge is -2.03. The highest BCUT2D eigenvalue weighted by Gasteiger charge is 2.10. The SMILES string of the molecule is Cc1ccnc(Sc2nc(Br)cn3ccnc23)n1. The van der Waals surface area contributed by atoms with Gasteiger partial charge >= 0.3 is 0 Å². The fourth-order valence-corrected chi connectivity index (χ4v) is 2.89. The van der Waals surface area contributed by atoms with Crippen molar-refractivity contribution >= 4 is 33.3 Å². The second kappa shape index (κ2) is 4.66. The molecule has 18 heavy (non-hydrogen) atoms. The van der Waals surface area contributed by atoms with E-state index in [4.69, 9.17) is 0 Å². The first kappa shape index (κ1) is 11.6. The zero-order chi connectivity index (χ0) is 12.5. The molecule has 3 heterocycles. The summed E-state index contributed by atoms with van der Waals surface area (Å²) in [4.78, 5) is 17.3. The van der Waals surface area contributed by atoms with Crippen molar-refractivity contribution in [1.82, 2.24) is 24.3 Å². The van der Waals surface area contributed by atoms with Gasteiger partial charge in [-0.1, -0.05) is 0 Å².